The Morgan fingerprint density at radius 2 is 1.10 bits per heavy atom. The second-order valence-corrected chi connectivity index (χ2v) is 9.99. The fourth-order valence-corrected chi connectivity index (χ4v) is 8.29. The maximum absolute atomic E-state index is 13.6. The highest BCUT2D eigenvalue weighted by atomic mass is 28.3. The van der Waals surface area contributed by atoms with Crippen LogP contribution in [-0.2, 0) is 0 Å². The maximum atomic E-state index is 13.6. The summed E-state index contributed by atoms with van der Waals surface area (Å²) in [4.78, 5) is 0. The molecular weight excluding hydrogens is 270 g/mol. The molecule has 2 aromatic carbocycles. The molecule has 1 aliphatic heterocycles. The van der Waals surface area contributed by atoms with Crippen LogP contribution in [-0.4, -0.2) is 14.0 Å². The van der Waals surface area contributed by atoms with E-state index in [0.717, 1.165) is 0 Å². The van der Waals surface area contributed by atoms with Crippen LogP contribution in [0.1, 0.15) is 12.8 Å². The number of hydrogen-bond acceptors (Lipinski definition) is 0. The smallest absolute Gasteiger partial charge is 0.207 e. The fraction of sp³-hybridized carbons (Fsp3) is 0.294. The third-order valence-corrected chi connectivity index (χ3v) is 9.57. The summed E-state index contributed by atoms with van der Waals surface area (Å²) in [5, 5.41) is 2.59. The van der Waals surface area contributed by atoms with Gasteiger partial charge in [-0.1, -0.05) is 71.0 Å². The zero-order valence-electron chi connectivity index (χ0n) is 11.4. The molecule has 2 aromatic rings. The zero-order valence-corrected chi connectivity index (χ0v) is 12.4. The normalized spacial score (nSPS) is 20.5. The van der Waals surface area contributed by atoms with Crippen LogP contribution in [0.3, 0.4) is 0 Å². The summed E-state index contributed by atoms with van der Waals surface area (Å²) in [6.45, 7) is 0. The molecule has 3 rings (SSSR count). The van der Waals surface area contributed by atoms with Gasteiger partial charge in [-0.05, 0) is 12.1 Å². The molecule has 1 heterocycles. The van der Waals surface area contributed by atoms with Gasteiger partial charge >= 0.3 is 0 Å². The van der Waals surface area contributed by atoms with E-state index in [4.69, 9.17) is 0 Å². The lowest BCUT2D eigenvalue weighted by Crippen LogP contribution is -2.60. The molecule has 0 radical (unpaired) electrons. The lowest BCUT2D eigenvalue weighted by Gasteiger charge is -2.39. The first-order valence-electron chi connectivity index (χ1n) is 7.11. The summed E-state index contributed by atoms with van der Waals surface area (Å²) in [6, 6.07) is 21.9. The molecule has 0 nitrogen and oxygen atoms in total. The summed E-state index contributed by atoms with van der Waals surface area (Å²) in [5.41, 5.74) is 0. The largest absolute Gasteiger partial charge is 0.247 e. The van der Waals surface area contributed by atoms with E-state index in [2.05, 4.69) is 24.3 Å². The molecule has 0 spiro atoms. The Labute approximate surface area is 119 Å². The van der Waals surface area contributed by atoms with Crippen LogP contribution >= 0.6 is 0 Å². The van der Waals surface area contributed by atoms with Crippen LogP contribution < -0.4 is 10.4 Å². The van der Waals surface area contributed by atoms with Gasteiger partial charge in [0.2, 0.25) is 5.92 Å². The van der Waals surface area contributed by atoms with Gasteiger partial charge in [0.1, 0.15) is 8.07 Å². The first-order valence-corrected chi connectivity index (χ1v) is 9.53. The number of halogens is 2. The van der Waals surface area contributed by atoms with E-state index in [0.29, 0.717) is 12.1 Å². The summed E-state index contributed by atoms with van der Waals surface area (Å²) in [7, 11) is -2.00. The minimum absolute atomic E-state index is 0.0308. The Kier molecular flexibility index (Phi) is 3.46. The van der Waals surface area contributed by atoms with E-state index in [1.54, 1.807) is 0 Å². The minimum atomic E-state index is -2.47. The van der Waals surface area contributed by atoms with Crippen molar-refractivity contribution in [3.8, 4) is 0 Å². The van der Waals surface area contributed by atoms with Crippen molar-refractivity contribution in [3.63, 3.8) is 0 Å². The first-order chi connectivity index (χ1) is 9.62. The highest BCUT2D eigenvalue weighted by Crippen LogP contribution is 2.38. The minimum Gasteiger partial charge on any atom is -0.207 e. The van der Waals surface area contributed by atoms with E-state index in [-0.39, 0.29) is 12.8 Å². The predicted molar refractivity (Wildman–Crippen MR) is 81.7 cm³/mol. The van der Waals surface area contributed by atoms with Gasteiger partial charge in [0, 0.05) is 12.8 Å². The first kappa shape index (κ1) is 13.5. The SMILES string of the molecule is FC1(F)CC[Si](c2ccccc2)(c2ccccc2)CC1. The average Bonchev–Trinajstić information content (AvgIpc) is 2.50. The summed E-state index contributed by atoms with van der Waals surface area (Å²) >= 11 is 0. The second kappa shape index (κ2) is 5.13. The highest BCUT2D eigenvalue weighted by Gasteiger charge is 2.46. The van der Waals surface area contributed by atoms with Crippen molar-refractivity contribution < 1.29 is 8.78 Å². The van der Waals surface area contributed by atoms with Gasteiger partial charge in [0.15, 0.2) is 0 Å². The highest BCUT2D eigenvalue weighted by molar-refractivity contribution is 7.02. The Bertz CT molecular complexity index is 515. The number of rotatable bonds is 2. The summed E-state index contributed by atoms with van der Waals surface area (Å²) in [6.07, 6.45) is 0.0615. The van der Waals surface area contributed by atoms with E-state index in [1.807, 2.05) is 36.4 Å². The van der Waals surface area contributed by atoms with Crippen LogP contribution in [0.25, 0.3) is 0 Å². The second-order valence-electron chi connectivity index (χ2n) is 5.67. The van der Waals surface area contributed by atoms with Gasteiger partial charge in [0.05, 0.1) is 0 Å². The standard InChI is InChI=1S/C17H18F2Si/c18-17(19)11-13-20(14-12-17,15-7-3-1-4-8-15)16-9-5-2-6-10-16/h1-10H,11-14H2. The molecule has 1 aliphatic rings. The Morgan fingerprint density at radius 1 is 0.700 bits per heavy atom. The van der Waals surface area contributed by atoms with Gasteiger partial charge in [-0.2, -0.15) is 0 Å². The molecule has 0 aromatic heterocycles. The number of benzene rings is 2. The molecule has 0 saturated carbocycles. The molecular formula is C17H18F2Si. The summed E-state index contributed by atoms with van der Waals surface area (Å²) in [5.74, 6) is -2.47. The molecule has 1 saturated heterocycles. The molecule has 3 heteroatoms. The van der Waals surface area contributed by atoms with Crippen molar-refractivity contribution in [1.82, 2.24) is 0 Å². The molecule has 1 fully saturated rings. The van der Waals surface area contributed by atoms with Gasteiger partial charge in [0.25, 0.3) is 0 Å². The van der Waals surface area contributed by atoms with E-state index in [9.17, 15) is 8.78 Å². The third-order valence-electron chi connectivity index (χ3n) is 4.49. The van der Waals surface area contributed by atoms with Crippen LogP contribution in [0.4, 0.5) is 8.78 Å². The Balaban J connectivity index is 2.06. The van der Waals surface area contributed by atoms with E-state index >= 15 is 0 Å². The van der Waals surface area contributed by atoms with Gasteiger partial charge in [-0.25, -0.2) is 8.78 Å². The zero-order chi connectivity index (χ0) is 14.1. The van der Waals surface area contributed by atoms with Crippen molar-refractivity contribution >= 4 is 18.4 Å². The van der Waals surface area contributed by atoms with Crippen molar-refractivity contribution in [2.45, 2.75) is 30.9 Å². The topological polar surface area (TPSA) is 0 Å². The molecule has 0 unspecified atom stereocenters. The van der Waals surface area contributed by atoms with E-state index in [1.165, 1.54) is 10.4 Å². The third kappa shape index (κ3) is 2.42. The van der Waals surface area contributed by atoms with Crippen LogP contribution in [0.5, 0.6) is 0 Å². The number of alkyl halides is 2. The van der Waals surface area contributed by atoms with Crippen molar-refractivity contribution in [3.05, 3.63) is 60.7 Å². The van der Waals surface area contributed by atoms with Crippen molar-refractivity contribution in [1.29, 1.82) is 0 Å². The molecule has 0 bridgehead atoms. The van der Waals surface area contributed by atoms with Crippen molar-refractivity contribution in [2.24, 2.45) is 0 Å². The average molecular weight is 288 g/mol. The fourth-order valence-electron chi connectivity index (χ4n) is 3.30. The Hall–Kier alpha value is -1.48. The van der Waals surface area contributed by atoms with Crippen LogP contribution in [0.2, 0.25) is 12.1 Å². The number of hydrogen-bond donors (Lipinski definition) is 0. The van der Waals surface area contributed by atoms with Gasteiger partial charge in [-0.3, -0.25) is 0 Å². The molecule has 0 amide bonds. The quantitative estimate of drug-likeness (QED) is 0.740. The molecule has 0 N–H and O–H groups in total. The maximum Gasteiger partial charge on any atom is 0.247 e. The van der Waals surface area contributed by atoms with Crippen LogP contribution in [0.15, 0.2) is 60.7 Å². The monoisotopic (exact) mass is 288 g/mol. The molecule has 0 atom stereocenters. The lowest BCUT2D eigenvalue weighted by atomic mass is 10.2. The van der Waals surface area contributed by atoms with Gasteiger partial charge < -0.3 is 0 Å². The lowest BCUT2D eigenvalue weighted by molar-refractivity contribution is -0.0112. The van der Waals surface area contributed by atoms with Crippen LogP contribution in [0, 0.1) is 0 Å². The molecule has 104 valence electrons. The van der Waals surface area contributed by atoms with E-state index < -0.39 is 14.0 Å². The Morgan fingerprint density at radius 3 is 1.50 bits per heavy atom. The molecule has 20 heavy (non-hydrogen) atoms. The predicted octanol–water partition coefficient (Wildman–Crippen LogP) is 3.68. The van der Waals surface area contributed by atoms with Crippen molar-refractivity contribution in [2.75, 3.05) is 0 Å². The van der Waals surface area contributed by atoms with Gasteiger partial charge in [-0.15, -0.1) is 0 Å². The summed E-state index contributed by atoms with van der Waals surface area (Å²) < 4.78 is 27.2. The molecule has 0 aliphatic carbocycles.